The van der Waals surface area contributed by atoms with Crippen LogP contribution in [0, 0.1) is 0 Å². The number of carbonyl (C=O) groups is 1. The second-order valence-corrected chi connectivity index (χ2v) is 9.43. The molecule has 35 heavy (non-hydrogen) atoms. The van der Waals surface area contributed by atoms with Crippen molar-refractivity contribution in [2.75, 3.05) is 23.9 Å². The lowest BCUT2D eigenvalue weighted by atomic mass is 9.77. The van der Waals surface area contributed by atoms with Crippen molar-refractivity contribution in [3.63, 3.8) is 0 Å². The molecular formula is C27H25N3O3S2. The van der Waals surface area contributed by atoms with E-state index >= 15 is 0 Å². The van der Waals surface area contributed by atoms with Crippen LogP contribution in [-0.2, 0) is 15.2 Å². The van der Waals surface area contributed by atoms with Crippen LogP contribution in [0.25, 0.3) is 0 Å². The van der Waals surface area contributed by atoms with E-state index < -0.39 is 11.5 Å². The summed E-state index contributed by atoms with van der Waals surface area (Å²) < 4.78 is 0. The molecule has 0 fully saturated rings. The molecule has 4 rings (SSSR count). The molecule has 1 heterocycles. The van der Waals surface area contributed by atoms with Crippen molar-refractivity contribution in [2.24, 2.45) is 5.16 Å². The van der Waals surface area contributed by atoms with E-state index in [-0.39, 0.29) is 11.4 Å². The second kappa shape index (κ2) is 11.7. The molecule has 0 saturated carbocycles. The molecule has 0 aliphatic heterocycles. The average molecular weight is 504 g/mol. The summed E-state index contributed by atoms with van der Waals surface area (Å²) in [6, 6.07) is 30.4. The van der Waals surface area contributed by atoms with Gasteiger partial charge in [-0.05, 0) is 22.9 Å². The molecular weight excluding hydrogens is 478 g/mol. The monoisotopic (exact) mass is 503 g/mol. The number of aromatic nitrogens is 1. The van der Waals surface area contributed by atoms with E-state index in [1.54, 1.807) is 17.1 Å². The van der Waals surface area contributed by atoms with Crippen molar-refractivity contribution >= 4 is 39.9 Å². The van der Waals surface area contributed by atoms with Crippen LogP contribution < -0.4 is 5.32 Å². The Labute approximate surface area is 212 Å². The van der Waals surface area contributed by atoms with Crippen molar-refractivity contribution in [2.45, 2.75) is 5.54 Å². The highest BCUT2D eigenvalue weighted by molar-refractivity contribution is 7.98. The smallest absolute Gasteiger partial charge is 0.360 e. The Morgan fingerprint density at radius 1 is 0.971 bits per heavy atom. The molecule has 2 N–H and O–H groups in total. The first-order chi connectivity index (χ1) is 17.1. The quantitative estimate of drug-likeness (QED) is 0.118. The number of thioether (sulfide) groups is 1. The molecule has 0 spiro atoms. The van der Waals surface area contributed by atoms with Crippen LogP contribution >= 0.6 is 23.1 Å². The van der Waals surface area contributed by atoms with Gasteiger partial charge in [-0.1, -0.05) is 96.2 Å². The number of carboxylic acid groups (broad SMARTS) is 1. The third-order valence-corrected chi connectivity index (χ3v) is 6.73. The number of oxime groups is 1. The molecule has 4 aromatic rings. The van der Waals surface area contributed by atoms with Gasteiger partial charge in [0.1, 0.15) is 17.8 Å². The molecule has 0 amide bonds. The zero-order chi connectivity index (χ0) is 24.5. The van der Waals surface area contributed by atoms with Crippen LogP contribution in [0.5, 0.6) is 0 Å². The molecule has 1 aromatic heterocycles. The fourth-order valence-corrected chi connectivity index (χ4v) is 4.80. The molecule has 0 atom stereocenters. The summed E-state index contributed by atoms with van der Waals surface area (Å²) in [5.74, 6) is -0.472. The summed E-state index contributed by atoms with van der Waals surface area (Å²) in [4.78, 5) is 21.7. The van der Waals surface area contributed by atoms with E-state index in [9.17, 15) is 9.90 Å². The number of nitrogens with one attached hydrogen (secondary N) is 1. The van der Waals surface area contributed by atoms with Crippen molar-refractivity contribution in [3.8, 4) is 0 Å². The van der Waals surface area contributed by atoms with Crippen molar-refractivity contribution in [3.05, 3.63) is 119 Å². The van der Waals surface area contributed by atoms with Gasteiger partial charge in [-0.3, -0.25) is 0 Å². The average Bonchev–Trinajstić information content (AvgIpc) is 3.36. The van der Waals surface area contributed by atoms with Crippen molar-refractivity contribution in [1.29, 1.82) is 0 Å². The number of hydrogen-bond acceptors (Lipinski definition) is 7. The van der Waals surface area contributed by atoms with E-state index in [2.05, 4.69) is 51.9 Å². The SMILES string of the molecule is CSCCON=C(C(=O)O)c1csc(NC(c2ccccc2)(c2ccccc2)c2ccccc2)n1. The maximum atomic E-state index is 11.9. The molecule has 0 aliphatic carbocycles. The summed E-state index contributed by atoms with van der Waals surface area (Å²) in [5, 5.41) is 19.4. The number of benzene rings is 3. The van der Waals surface area contributed by atoms with E-state index in [1.807, 2.05) is 60.9 Å². The topological polar surface area (TPSA) is 83.8 Å². The first-order valence-corrected chi connectivity index (χ1v) is 13.3. The molecule has 0 radical (unpaired) electrons. The predicted octanol–water partition coefficient (Wildman–Crippen LogP) is 5.72. The third kappa shape index (κ3) is 5.55. The maximum absolute atomic E-state index is 11.9. The molecule has 0 saturated heterocycles. The minimum atomic E-state index is -1.19. The number of aliphatic carboxylic acids is 1. The summed E-state index contributed by atoms with van der Waals surface area (Å²) in [5.41, 5.74) is 2.36. The maximum Gasteiger partial charge on any atom is 0.360 e. The van der Waals surface area contributed by atoms with Gasteiger partial charge in [-0.25, -0.2) is 9.78 Å². The van der Waals surface area contributed by atoms with Crippen molar-refractivity contribution in [1.82, 2.24) is 4.98 Å². The molecule has 3 aromatic carbocycles. The molecule has 0 unspecified atom stereocenters. The van der Waals surface area contributed by atoms with Crippen LogP contribution in [-0.4, -0.2) is 40.4 Å². The van der Waals surface area contributed by atoms with Crippen LogP contribution in [0.4, 0.5) is 5.13 Å². The van der Waals surface area contributed by atoms with Gasteiger partial charge in [0.25, 0.3) is 0 Å². The highest BCUT2D eigenvalue weighted by Gasteiger charge is 2.37. The van der Waals surface area contributed by atoms with Gasteiger partial charge in [-0.15, -0.1) is 11.3 Å². The Morgan fingerprint density at radius 3 is 1.94 bits per heavy atom. The summed E-state index contributed by atoms with van der Waals surface area (Å²) in [7, 11) is 0. The normalized spacial score (nSPS) is 11.7. The van der Waals surface area contributed by atoms with Crippen LogP contribution in [0.1, 0.15) is 22.4 Å². The van der Waals surface area contributed by atoms with Gasteiger partial charge in [0.2, 0.25) is 5.71 Å². The van der Waals surface area contributed by atoms with Crippen LogP contribution in [0.2, 0.25) is 0 Å². The standard InChI is InChI=1S/C27H25N3O3S2/c1-34-18-17-33-30-24(25(31)32)23-19-35-26(28-23)29-27(20-11-5-2-6-12-20,21-13-7-3-8-14-21)22-15-9-4-10-16-22/h2-16,19H,17-18H2,1H3,(H,28,29)(H,31,32). The molecule has 8 heteroatoms. The van der Waals surface area contributed by atoms with Gasteiger partial charge in [0.05, 0.1) is 0 Å². The summed E-state index contributed by atoms with van der Waals surface area (Å²) in [6.07, 6.45) is 1.95. The Morgan fingerprint density at radius 2 is 1.49 bits per heavy atom. The zero-order valence-electron chi connectivity index (χ0n) is 19.1. The largest absolute Gasteiger partial charge is 0.476 e. The highest BCUT2D eigenvalue weighted by Crippen LogP contribution is 2.40. The molecule has 6 nitrogen and oxygen atoms in total. The van der Waals surface area contributed by atoms with E-state index in [0.29, 0.717) is 17.5 Å². The van der Waals surface area contributed by atoms with E-state index in [4.69, 9.17) is 4.84 Å². The van der Waals surface area contributed by atoms with Crippen molar-refractivity contribution < 1.29 is 14.7 Å². The summed E-state index contributed by atoms with van der Waals surface area (Å²) >= 11 is 2.92. The number of nitrogens with zero attached hydrogens (tertiary/aromatic N) is 2. The molecule has 0 aliphatic rings. The van der Waals surface area contributed by atoms with Crippen LogP contribution in [0.15, 0.2) is 102 Å². The Bertz CT molecular complexity index is 1170. The minimum Gasteiger partial charge on any atom is -0.476 e. The summed E-state index contributed by atoms with van der Waals surface area (Å²) in [6.45, 7) is 0.326. The number of carboxylic acids is 1. The Hall–Kier alpha value is -3.62. The lowest BCUT2D eigenvalue weighted by Gasteiger charge is -2.36. The number of anilines is 1. The Balaban J connectivity index is 1.80. The lowest BCUT2D eigenvalue weighted by molar-refractivity contribution is -0.129. The van der Waals surface area contributed by atoms with Gasteiger partial charge in [0.15, 0.2) is 5.13 Å². The first-order valence-electron chi connectivity index (χ1n) is 11.0. The number of rotatable bonds is 11. The molecule has 178 valence electrons. The third-order valence-electron chi connectivity index (χ3n) is 5.40. The van der Waals surface area contributed by atoms with Crippen LogP contribution in [0.3, 0.4) is 0 Å². The minimum absolute atomic E-state index is 0.222. The predicted molar refractivity (Wildman–Crippen MR) is 143 cm³/mol. The second-order valence-electron chi connectivity index (χ2n) is 7.58. The van der Waals surface area contributed by atoms with Gasteiger partial charge < -0.3 is 15.3 Å². The van der Waals surface area contributed by atoms with Gasteiger partial charge in [0, 0.05) is 11.1 Å². The number of hydrogen-bond donors (Lipinski definition) is 2. The lowest BCUT2D eigenvalue weighted by Crippen LogP contribution is -2.38. The Kier molecular flexibility index (Phi) is 8.18. The fraction of sp³-hybridized carbons (Fsp3) is 0.148. The highest BCUT2D eigenvalue weighted by atomic mass is 32.2. The van der Waals surface area contributed by atoms with E-state index in [1.165, 1.54) is 11.3 Å². The number of thiazole rings is 1. The first kappa shape index (κ1) is 24.5. The molecule has 0 bridgehead atoms. The van der Waals surface area contributed by atoms with Gasteiger partial charge >= 0.3 is 5.97 Å². The van der Waals surface area contributed by atoms with Gasteiger partial charge in [-0.2, -0.15) is 11.8 Å². The van der Waals surface area contributed by atoms with E-state index in [0.717, 1.165) is 16.7 Å². The fourth-order valence-electron chi connectivity index (χ4n) is 3.81. The zero-order valence-corrected chi connectivity index (χ0v) is 20.8.